The molecular weight excluding hydrogens is 359 g/mol. The third-order valence-corrected chi connectivity index (χ3v) is 5.12. The molecule has 0 unspecified atom stereocenters. The van der Waals surface area contributed by atoms with Gasteiger partial charge in [0.05, 0.1) is 0 Å². The van der Waals surface area contributed by atoms with Crippen LogP contribution in [0.15, 0.2) is 48.0 Å². The van der Waals surface area contributed by atoms with Gasteiger partial charge in [-0.2, -0.15) is 0 Å². The lowest BCUT2D eigenvalue weighted by atomic mass is 10.1. The minimum Gasteiger partial charge on any atom is -0.454 e. The summed E-state index contributed by atoms with van der Waals surface area (Å²) < 4.78 is 24.6. The van der Waals surface area contributed by atoms with Gasteiger partial charge >= 0.3 is 0 Å². The first kappa shape index (κ1) is 18.5. The third-order valence-electron chi connectivity index (χ3n) is 5.12. The Morgan fingerprint density at radius 3 is 2.61 bits per heavy atom. The van der Waals surface area contributed by atoms with E-state index in [1.807, 2.05) is 23.1 Å². The first-order chi connectivity index (χ1) is 13.6. The van der Waals surface area contributed by atoms with Crippen LogP contribution in [0.25, 0.3) is 6.08 Å². The van der Waals surface area contributed by atoms with E-state index >= 15 is 0 Å². The first-order valence-corrected chi connectivity index (χ1v) is 9.43. The number of benzene rings is 2. The molecule has 28 heavy (non-hydrogen) atoms. The molecule has 5 nitrogen and oxygen atoms in total. The normalized spacial score (nSPS) is 17.1. The Labute approximate surface area is 164 Å². The second-order valence-corrected chi connectivity index (χ2v) is 7.10. The van der Waals surface area contributed by atoms with Crippen molar-refractivity contribution in [2.24, 2.45) is 0 Å². The van der Waals surface area contributed by atoms with E-state index in [0.717, 1.165) is 31.1 Å². The Balaban J connectivity index is 1.33. The summed E-state index contributed by atoms with van der Waals surface area (Å²) in [5, 5.41) is 0. The standard InChI is InChI=1S/C22H23FN2O3/c1-16(12-18-4-2-3-5-19(18)23)22(26)25-10-8-24(9-11-25)14-17-6-7-20-21(13-17)28-15-27-20/h2-7,12-13H,8-11,14-15H2,1H3/b16-12+. The van der Waals surface area contributed by atoms with E-state index in [9.17, 15) is 9.18 Å². The molecule has 146 valence electrons. The lowest BCUT2D eigenvalue weighted by Gasteiger charge is -2.35. The summed E-state index contributed by atoms with van der Waals surface area (Å²) in [7, 11) is 0. The molecule has 0 spiro atoms. The quantitative estimate of drug-likeness (QED) is 0.761. The highest BCUT2D eigenvalue weighted by molar-refractivity contribution is 5.97. The monoisotopic (exact) mass is 382 g/mol. The molecule has 0 bridgehead atoms. The van der Waals surface area contributed by atoms with Gasteiger partial charge < -0.3 is 14.4 Å². The maximum Gasteiger partial charge on any atom is 0.249 e. The largest absolute Gasteiger partial charge is 0.454 e. The summed E-state index contributed by atoms with van der Waals surface area (Å²) in [6.07, 6.45) is 1.62. The maximum absolute atomic E-state index is 13.8. The zero-order valence-electron chi connectivity index (χ0n) is 15.9. The Hall–Kier alpha value is -2.86. The highest BCUT2D eigenvalue weighted by Gasteiger charge is 2.23. The van der Waals surface area contributed by atoms with Crippen molar-refractivity contribution in [1.29, 1.82) is 0 Å². The number of hydrogen-bond donors (Lipinski definition) is 0. The SMILES string of the molecule is C/C(=C\c1ccccc1F)C(=O)N1CCN(Cc2ccc3c(c2)OCO3)CC1. The van der Waals surface area contributed by atoms with Gasteiger partial charge in [-0.3, -0.25) is 9.69 Å². The molecule has 2 aliphatic heterocycles. The molecule has 1 amide bonds. The number of ether oxygens (including phenoxy) is 2. The average molecular weight is 382 g/mol. The molecule has 0 aromatic heterocycles. The molecule has 2 aromatic rings. The molecular formula is C22H23FN2O3. The summed E-state index contributed by atoms with van der Waals surface area (Å²) in [6.45, 7) is 5.74. The van der Waals surface area contributed by atoms with E-state index in [-0.39, 0.29) is 18.5 Å². The van der Waals surface area contributed by atoms with E-state index in [2.05, 4.69) is 4.90 Å². The molecule has 2 heterocycles. The van der Waals surface area contributed by atoms with Gasteiger partial charge in [0.2, 0.25) is 12.7 Å². The minimum atomic E-state index is -0.316. The predicted octanol–water partition coefficient (Wildman–Crippen LogP) is 3.30. The number of halogens is 1. The van der Waals surface area contributed by atoms with Gasteiger partial charge in [0.25, 0.3) is 0 Å². The average Bonchev–Trinajstić information content (AvgIpc) is 3.17. The van der Waals surface area contributed by atoms with Gasteiger partial charge in [-0.15, -0.1) is 0 Å². The van der Waals surface area contributed by atoms with Gasteiger partial charge in [-0.1, -0.05) is 24.3 Å². The van der Waals surface area contributed by atoms with Crippen LogP contribution in [0.5, 0.6) is 11.5 Å². The summed E-state index contributed by atoms with van der Waals surface area (Å²) >= 11 is 0. The van der Waals surface area contributed by atoms with Crippen molar-refractivity contribution in [3.63, 3.8) is 0 Å². The van der Waals surface area contributed by atoms with Crippen LogP contribution in [0, 0.1) is 5.82 Å². The van der Waals surface area contributed by atoms with Crippen LogP contribution in [0.3, 0.4) is 0 Å². The van der Waals surface area contributed by atoms with Crippen LogP contribution >= 0.6 is 0 Å². The van der Waals surface area contributed by atoms with E-state index in [1.54, 1.807) is 31.2 Å². The van der Waals surface area contributed by atoms with E-state index in [4.69, 9.17) is 9.47 Å². The van der Waals surface area contributed by atoms with Crippen LogP contribution in [-0.4, -0.2) is 48.7 Å². The zero-order chi connectivity index (χ0) is 19.5. The smallest absolute Gasteiger partial charge is 0.249 e. The van der Waals surface area contributed by atoms with Gasteiger partial charge in [0, 0.05) is 43.9 Å². The molecule has 1 saturated heterocycles. The molecule has 2 aromatic carbocycles. The number of carbonyl (C=O) groups excluding carboxylic acids is 1. The van der Waals surface area contributed by atoms with Gasteiger partial charge in [0.1, 0.15) is 5.82 Å². The van der Waals surface area contributed by atoms with Crippen molar-refractivity contribution in [3.05, 3.63) is 65.0 Å². The van der Waals surface area contributed by atoms with Crippen LogP contribution in [0.4, 0.5) is 4.39 Å². The van der Waals surface area contributed by atoms with Crippen LogP contribution in [0.2, 0.25) is 0 Å². The number of rotatable bonds is 4. The summed E-state index contributed by atoms with van der Waals surface area (Å²) in [6, 6.07) is 12.5. The minimum absolute atomic E-state index is 0.0361. The van der Waals surface area contributed by atoms with Crippen molar-refractivity contribution in [1.82, 2.24) is 9.80 Å². The van der Waals surface area contributed by atoms with Crippen LogP contribution < -0.4 is 9.47 Å². The fraction of sp³-hybridized carbons (Fsp3) is 0.318. The van der Waals surface area contributed by atoms with Gasteiger partial charge in [-0.05, 0) is 36.8 Å². The summed E-state index contributed by atoms with van der Waals surface area (Å²) in [5.74, 6) is 1.23. The van der Waals surface area contributed by atoms with Crippen molar-refractivity contribution >= 4 is 12.0 Å². The lowest BCUT2D eigenvalue weighted by molar-refractivity contribution is -0.128. The molecule has 0 aliphatic carbocycles. The maximum atomic E-state index is 13.8. The highest BCUT2D eigenvalue weighted by atomic mass is 19.1. The summed E-state index contributed by atoms with van der Waals surface area (Å²) in [5.41, 5.74) is 2.16. The third kappa shape index (κ3) is 4.02. The van der Waals surface area contributed by atoms with Crippen molar-refractivity contribution < 1.29 is 18.7 Å². The molecule has 0 saturated carbocycles. The predicted molar refractivity (Wildman–Crippen MR) is 104 cm³/mol. The lowest BCUT2D eigenvalue weighted by Crippen LogP contribution is -2.48. The number of amides is 1. The van der Waals surface area contributed by atoms with Crippen LogP contribution in [0.1, 0.15) is 18.1 Å². The molecule has 4 rings (SSSR count). The Bertz CT molecular complexity index is 904. The fourth-order valence-electron chi connectivity index (χ4n) is 3.54. The molecule has 0 radical (unpaired) electrons. The highest BCUT2D eigenvalue weighted by Crippen LogP contribution is 2.32. The number of piperazine rings is 1. The number of nitrogens with zero attached hydrogens (tertiary/aromatic N) is 2. The number of fused-ring (bicyclic) bond motifs is 1. The van der Waals surface area contributed by atoms with Crippen LogP contribution in [-0.2, 0) is 11.3 Å². The number of hydrogen-bond acceptors (Lipinski definition) is 4. The first-order valence-electron chi connectivity index (χ1n) is 9.43. The Kier molecular flexibility index (Phi) is 5.30. The molecule has 2 aliphatic rings. The zero-order valence-corrected chi connectivity index (χ0v) is 15.9. The van der Waals surface area contributed by atoms with Gasteiger partial charge in [-0.25, -0.2) is 4.39 Å². The Morgan fingerprint density at radius 1 is 1.07 bits per heavy atom. The second kappa shape index (κ2) is 8.02. The topological polar surface area (TPSA) is 42.0 Å². The van der Waals surface area contributed by atoms with Crippen molar-refractivity contribution in [3.8, 4) is 11.5 Å². The fourth-order valence-corrected chi connectivity index (χ4v) is 3.54. The van der Waals surface area contributed by atoms with Crippen molar-refractivity contribution in [2.75, 3.05) is 33.0 Å². The Morgan fingerprint density at radius 2 is 1.82 bits per heavy atom. The molecule has 0 atom stereocenters. The van der Waals surface area contributed by atoms with Gasteiger partial charge in [0.15, 0.2) is 11.5 Å². The molecule has 0 N–H and O–H groups in total. The molecule has 6 heteroatoms. The molecule has 1 fully saturated rings. The number of carbonyl (C=O) groups is 1. The van der Waals surface area contributed by atoms with E-state index in [1.165, 1.54) is 11.6 Å². The van der Waals surface area contributed by atoms with Crippen molar-refractivity contribution in [2.45, 2.75) is 13.5 Å². The summed E-state index contributed by atoms with van der Waals surface area (Å²) in [4.78, 5) is 16.8. The second-order valence-electron chi connectivity index (χ2n) is 7.10. The van der Waals surface area contributed by atoms with E-state index < -0.39 is 0 Å². The van der Waals surface area contributed by atoms with E-state index in [0.29, 0.717) is 24.2 Å².